The molecular formula is C17H20N2O4S2. The van der Waals surface area contributed by atoms with Gasteiger partial charge in [-0.15, -0.1) is 0 Å². The third-order valence-electron chi connectivity index (χ3n) is 4.01. The first-order valence-corrected chi connectivity index (χ1v) is 11.3. The molecule has 1 heterocycles. The van der Waals surface area contributed by atoms with Crippen LogP contribution >= 0.6 is 0 Å². The Labute approximate surface area is 148 Å². The van der Waals surface area contributed by atoms with E-state index in [0.717, 1.165) is 5.56 Å². The van der Waals surface area contributed by atoms with Crippen molar-refractivity contribution in [3.8, 4) is 0 Å². The Balaban J connectivity index is 1.71. The highest BCUT2D eigenvalue weighted by molar-refractivity contribution is 7.93. The average molecular weight is 380 g/mol. The molecule has 0 atom stereocenters. The van der Waals surface area contributed by atoms with Crippen molar-refractivity contribution >= 4 is 31.4 Å². The first-order chi connectivity index (χ1) is 11.9. The molecule has 25 heavy (non-hydrogen) atoms. The van der Waals surface area contributed by atoms with Gasteiger partial charge >= 0.3 is 0 Å². The van der Waals surface area contributed by atoms with E-state index in [0.29, 0.717) is 30.8 Å². The van der Waals surface area contributed by atoms with Crippen LogP contribution in [0.2, 0.25) is 0 Å². The lowest BCUT2D eigenvalue weighted by molar-refractivity contribution is 0.598. The summed E-state index contributed by atoms with van der Waals surface area (Å²) in [6.07, 6.45) is 0.992. The van der Waals surface area contributed by atoms with Gasteiger partial charge in [0.25, 0.3) is 0 Å². The molecule has 6 nitrogen and oxygen atoms in total. The lowest BCUT2D eigenvalue weighted by Gasteiger charge is -2.18. The molecule has 0 bridgehead atoms. The maximum Gasteiger partial charge on any atom is 0.235 e. The Kier molecular flexibility index (Phi) is 5.01. The molecule has 8 heteroatoms. The zero-order chi connectivity index (χ0) is 17.9. The summed E-state index contributed by atoms with van der Waals surface area (Å²) in [5.41, 5.74) is 1.80. The van der Waals surface area contributed by atoms with Gasteiger partial charge in [-0.2, -0.15) is 0 Å². The van der Waals surface area contributed by atoms with Crippen molar-refractivity contribution in [2.75, 3.05) is 27.1 Å². The number of aryl methyl sites for hydroxylation is 1. The number of benzene rings is 2. The summed E-state index contributed by atoms with van der Waals surface area (Å²) in [5.74, 6) is 0.0866. The third-order valence-corrected chi connectivity index (χ3v) is 7.17. The number of sulfonamides is 2. The molecule has 0 amide bonds. The first-order valence-electron chi connectivity index (χ1n) is 8.01. The maximum atomic E-state index is 12.3. The second-order valence-corrected chi connectivity index (χ2v) is 9.80. The van der Waals surface area contributed by atoms with Gasteiger partial charge in [0.1, 0.15) is 0 Å². The largest absolute Gasteiger partial charge is 0.283 e. The third kappa shape index (κ3) is 4.52. The van der Waals surface area contributed by atoms with E-state index in [-0.39, 0.29) is 11.5 Å². The van der Waals surface area contributed by atoms with Crippen LogP contribution in [0.5, 0.6) is 0 Å². The van der Waals surface area contributed by atoms with E-state index in [1.165, 1.54) is 4.31 Å². The van der Waals surface area contributed by atoms with Crippen molar-refractivity contribution in [2.45, 2.75) is 12.8 Å². The molecular weight excluding hydrogens is 360 g/mol. The Morgan fingerprint density at radius 3 is 2.48 bits per heavy atom. The minimum absolute atomic E-state index is 0.0384. The van der Waals surface area contributed by atoms with Gasteiger partial charge in [0.15, 0.2) is 0 Å². The van der Waals surface area contributed by atoms with Gasteiger partial charge in [0.2, 0.25) is 20.0 Å². The van der Waals surface area contributed by atoms with Gasteiger partial charge < -0.3 is 0 Å². The smallest absolute Gasteiger partial charge is 0.235 e. The Morgan fingerprint density at radius 2 is 1.80 bits per heavy atom. The van der Waals surface area contributed by atoms with Gasteiger partial charge in [0, 0.05) is 6.54 Å². The fraction of sp³-hybridized carbons (Fsp3) is 0.294. The van der Waals surface area contributed by atoms with E-state index < -0.39 is 20.0 Å². The van der Waals surface area contributed by atoms with E-state index in [1.54, 1.807) is 24.3 Å². The molecule has 1 N–H and O–H groups in total. The second-order valence-electron chi connectivity index (χ2n) is 5.95. The second kappa shape index (κ2) is 7.05. The summed E-state index contributed by atoms with van der Waals surface area (Å²) in [6.45, 7) is 0.423. The monoisotopic (exact) mass is 380 g/mol. The highest BCUT2D eigenvalue weighted by Gasteiger charge is 2.28. The minimum atomic E-state index is -3.52. The molecule has 134 valence electrons. The fourth-order valence-electron chi connectivity index (χ4n) is 2.78. The lowest BCUT2D eigenvalue weighted by atomic mass is 10.2. The van der Waals surface area contributed by atoms with Crippen LogP contribution in [0.4, 0.5) is 11.4 Å². The molecule has 0 radical (unpaired) electrons. The Bertz CT molecular complexity index is 942. The lowest BCUT2D eigenvalue weighted by Crippen LogP contribution is -2.25. The molecule has 0 aliphatic carbocycles. The number of hydrogen-bond acceptors (Lipinski definition) is 4. The van der Waals surface area contributed by atoms with Crippen LogP contribution in [-0.2, 0) is 26.5 Å². The summed E-state index contributed by atoms with van der Waals surface area (Å²) in [6, 6.07) is 15.9. The van der Waals surface area contributed by atoms with Gasteiger partial charge in [-0.3, -0.25) is 9.03 Å². The van der Waals surface area contributed by atoms with E-state index in [2.05, 4.69) is 4.72 Å². The van der Waals surface area contributed by atoms with Crippen LogP contribution in [0.3, 0.4) is 0 Å². The van der Waals surface area contributed by atoms with E-state index in [1.807, 2.05) is 30.3 Å². The van der Waals surface area contributed by atoms with Crippen LogP contribution in [0.15, 0.2) is 54.6 Å². The highest BCUT2D eigenvalue weighted by atomic mass is 32.2. The molecule has 2 aromatic carbocycles. The fourth-order valence-corrected chi connectivity index (χ4v) is 5.43. The SMILES string of the molecule is O=S(=O)(CCc1ccccc1)Nc1cccc(N2CCCS2(=O)=O)c1. The van der Waals surface area contributed by atoms with Crippen LogP contribution in [0, 0.1) is 0 Å². The highest BCUT2D eigenvalue weighted by Crippen LogP contribution is 2.26. The molecule has 0 unspecified atom stereocenters. The van der Waals surface area contributed by atoms with Crippen molar-refractivity contribution < 1.29 is 16.8 Å². The summed E-state index contributed by atoms with van der Waals surface area (Å²) < 4.78 is 52.4. The number of rotatable bonds is 6. The van der Waals surface area contributed by atoms with Crippen molar-refractivity contribution in [3.63, 3.8) is 0 Å². The van der Waals surface area contributed by atoms with Gasteiger partial charge in [0.05, 0.1) is 22.9 Å². The topological polar surface area (TPSA) is 83.6 Å². The molecule has 0 spiro atoms. The first kappa shape index (κ1) is 17.8. The van der Waals surface area contributed by atoms with Crippen LogP contribution < -0.4 is 9.03 Å². The Hall–Kier alpha value is -2.06. The molecule has 0 saturated carbocycles. The number of anilines is 2. The zero-order valence-electron chi connectivity index (χ0n) is 13.6. The van der Waals surface area contributed by atoms with Crippen LogP contribution in [0.1, 0.15) is 12.0 Å². The van der Waals surface area contributed by atoms with E-state index in [4.69, 9.17) is 0 Å². The Morgan fingerprint density at radius 1 is 1.04 bits per heavy atom. The normalized spacial score (nSPS) is 16.7. The molecule has 2 aromatic rings. The molecule has 1 aliphatic heterocycles. The standard InChI is InChI=1S/C17H20N2O4S2/c20-24(21,13-10-15-6-2-1-3-7-15)18-16-8-4-9-17(14-16)19-11-5-12-25(19,22)23/h1-4,6-9,14,18H,5,10-13H2. The zero-order valence-corrected chi connectivity index (χ0v) is 15.3. The summed E-state index contributed by atoms with van der Waals surface area (Å²) in [4.78, 5) is 0. The van der Waals surface area contributed by atoms with Crippen molar-refractivity contribution in [3.05, 3.63) is 60.2 Å². The van der Waals surface area contributed by atoms with Crippen LogP contribution in [0.25, 0.3) is 0 Å². The van der Waals surface area contributed by atoms with Crippen LogP contribution in [-0.4, -0.2) is 34.9 Å². The van der Waals surface area contributed by atoms with Crippen molar-refractivity contribution in [1.29, 1.82) is 0 Å². The molecule has 3 rings (SSSR count). The number of nitrogens with zero attached hydrogens (tertiary/aromatic N) is 1. The van der Waals surface area contributed by atoms with Gasteiger partial charge in [-0.25, -0.2) is 16.8 Å². The quantitative estimate of drug-likeness (QED) is 0.833. The molecule has 1 aliphatic rings. The summed E-state index contributed by atoms with van der Waals surface area (Å²) >= 11 is 0. The molecule has 0 aromatic heterocycles. The average Bonchev–Trinajstić information content (AvgIpc) is 2.93. The summed E-state index contributed by atoms with van der Waals surface area (Å²) in [7, 11) is -6.81. The predicted molar refractivity (Wildman–Crippen MR) is 99.7 cm³/mol. The van der Waals surface area contributed by atoms with Gasteiger partial charge in [-0.05, 0) is 36.6 Å². The van der Waals surface area contributed by atoms with E-state index >= 15 is 0 Å². The van der Waals surface area contributed by atoms with Gasteiger partial charge in [-0.1, -0.05) is 36.4 Å². The predicted octanol–water partition coefficient (Wildman–Crippen LogP) is 2.21. The summed E-state index contributed by atoms with van der Waals surface area (Å²) in [5, 5.41) is 0. The number of nitrogens with one attached hydrogen (secondary N) is 1. The molecule has 1 fully saturated rings. The van der Waals surface area contributed by atoms with E-state index in [9.17, 15) is 16.8 Å². The minimum Gasteiger partial charge on any atom is -0.283 e. The maximum absolute atomic E-state index is 12.3. The molecule has 1 saturated heterocycles. The van der Waals surface area contributed by atoms with Crippen molar-refractivity contribution in [1.82, 2.24) is 0 Å². The number of hydrogen-bond donors (Lipinski definition) is 1. The van der Waals surface area contributed by atoms with Crippen molar-refractivity contribution in [2.24, 2.45) is 0 Å².